The molecule has 0 atom stereocenters. The number of anilines is 1. The van der Waals surface area contributed by atoms with Gasteiger partial charge in [-0.15, -0.1) is 6.58 Å². The molecule has 0 unspecified atom stereocenters. The summed E-state index contributed by atoms with van der Waals surface area (Å²) in [6.07, 6.45) is 7.84. The molecule has 1 N–H and O–H groups in total. The average molecular weight is 408 g/mol. The molecule has 3 aromatic rings. The second-order valence-corrected chi connectivity index (χ2v) is 7.95. The lowest BCUT2D eigenvalue weighted by molar-refractivity contribution is 0.251. The van der Waals surface area contributed by atoms with Crippen molar-refractivity contribution in [2.45, 2.75) is 18.9 Å². The molecule has 1 aliphatic heterocycles. The summed E-state index contributed by atoms with van der Waals surface area (Å²) in [6.45, 7) is 6.95. The maximum atomic E-state index is 6.11. The number of nitrogens with one attached hydrogen (secondary N) is 1. The second kappa shape index (κ2) is 8.80. The predicted octanol–water partition coefficient (Wildman–Crippen LogP) is 4.88. The highest BCUT2D eigenvalue weighted by Crippen LogP contribution is 2.39. The molecule has 1 aliphatic rings. The van der Waals surface area contributed by atoms with Gasteiger partial charge in [-0.25, -0.2) is 0 Å². The highest BCUT2D eigenvalue weighted by atomic mass is 35.5. The van der Waals surface area contributed by atoms with Crippen molar-refractivity contribution in [2.75, 3.05) is 31.6 Å². The van der Waals surface area contributed by atoms with E-state index in [2.05, 4.69) is 33.5 Å². The third-order valence-corrected chi connectivity index (χ3v) is 5.83. The van der Waals surface area contributed by atoms with Crippen LogP contribution in [0.5, 0.6) is 0 Å². The molecule has 4 rings (SSSR count). The van der Waals surface area contributed by atoms with Crippen LogP contribution < -0.4 is 4.90 Å². The van der Waals surface area contributed by atoms with Crippen LogP contribution in [0.2, 0.25) is 5.02 Å². The summed E-state index contributed by atoms with van der Waals surface area (Å²) in [7, 11) is 2.18. The van der Waals surface area contributed by atoms with E-state index in [-0.39, 0.29) is 0 Å². The van der Waals surface area contributed by atoms with Gasteiger partial charge in [-0.2, -0.15) is 5.10 Å². The van der Waals surface area contributed by atoms with Crippen LogP contribution in [0.25, 0.3) is 22.4 Å². The van der Waals surface area contributed by atoms with Gasteiger partial charge >= 0.3 is 0 Å². The van der Waals surface area contributed by atoms with Gasteiger partial charge in [0, 0.05) is 35.6 Å². The van der Waals surface area contributed by atoms with Crippen LogP contribution >= 0.6 is 11.6 Å². The van der Waals surface area contributed by atoms with Gasteiger partial charge in [0.15, 0.2) is 5.82 Å². The first-order valence-electron chi connectivity index (χ1n) is 9.98. The minimum Gasteiger partial charge on any atom is -0.348 e. The first-order chi connectivity index (χ1) is 14.2. The molecule has 0 aliphatic carbocycles. The predicted molar refractivity (Wildman–Crippen MR) is 120 cm³/mol. The van der Waals surface area contributed by atoms with Gasteiger partial charge in [0.05, 0.1) is 11.3 Å². The van der Waals surface area contributed by atoms with Crippen LogP contribution in [0.3, 0.4) is 0 Å². The summed E-state index contributed by atoms with van der Waals surface area (Å²) >= 11 is 6.11. The first-order valence-corrected chi connectivity index (χ1v) is 10.4. The Morgan fingerprint density at radius 2 is 1.83 bits per heavy atom. The van der Waals surface area contributed by atoms with E-state index in [1.54, 1.807) is 0 Å². The molecule has 6 heteroatoms. The molecule has 5 nitrogen and oxygen atoms in total. The minimum absolute atomic E-state index is 0.436. The molecule has 150 valence electrons. The number of likely N-dealkylation sites (tertiary alicyclic amines) is 1. The zero-order valence-electron chi connectivity index (χ0n) is 16.7. The van der Waals surface area contributed by atoms with Crippen LogP contribution in [0.1, 0.15) is 12.8 Å². The fraction of sp³-hybridized carbons (Fsp3) is 0.304. The average Bonchev–Trinajstić information content (AvgIpc) is 3.19. The minimum atomic E-state index is 0.436. The Morgan fingerprint density at radius 3 is 2.48 bits per heavy atom. The van der Waals surface area contributed by atoms with Crippen molar-refractivity contribution < 1.29 is 0 Å². The molecular formula is C23H26ClN5. The molecule has 2 aromatic heterocycles. The molecule has 0 radical (unpaired) electrons. The normalized spacial score (nSPS) is 15.4. The Balaban J connectivity index is 1.81. The van der Waals surface area contributed by atoms with E-state index in [1.807, 2.05) is 54.9 Å². The second-order valence-electron chi connectivity index (χ2n) is 7.52. The zero-order chi connectivity index (χ0) is 20.2. The Hall–Kier alpha value is -2.63. The van der Waals surface area contributed by atoms with Gasteiger partial charge in [-0.1, -0.05) is 29.8 Å². The van der Waals surface area contributed by atoms with Gasteiger partial charge in [-0.05, 0) is 62.8 Å². The number of aromatic nitrogens is 3. The largest absolute Gasteiger partial charge is 0.348 e. The highest BCUT2D eigenvalue weighted by molar-refractivity contribution is 6.30. The van der Waals surface area contributed by atoms with Gasteiger partial charge in [0.25, 0.3) is 0 Å². The van der Waals surface area contributed by atoms with E-state index in [4.69, 9.17) is 16.7 Å². The van der Waals surface area contributed by atoms with Crippen molar-refractivity contribution in [1.82, 2.24) is 20.1 Å². The molecule has 0 bridgehead atoms. The van der Waals surface area contributed by atoms with Crippen molar-refractivity contribution in [3.05, 3.63) is 66.5 Å². The Kier molecular flexibility index (Phi) is 5.97. The third kappa shape index (κ3) is 4.21. The number of hydrogen-bond acceptors (Lipinski definition) is 4. The van der Waals surface area contributed by atoms with Crippen molar-refractivity contribution in [3.8, 4) is 22.4 Å². The zero-order valence-corrected chi connectivity index (χ0v) is 17.4. The molecule has 0 spiro atoms. The number of pyridine rings is 1. The van der Waals surface area contributed by atoms with Gasteiger partial charge < -0.3 is 9.80 Å². The SMILES string of the molecule is C=CCN(c1n[nH]c(-c2ccc(Cl)cc2)c1-c1ccncc1)C1CCN(C)CC1. The Labute approximate surface area is 177 Å². The van der Waals surface area contributed by atoms with Crippen molar-refractivity contribution in [3.63, 3.8) is 0 Å². The maximum absolute atomic E-state index is 6.11. The lowest BCUT2D eigenvalue weighted by Gasteiger charge is -2.37. The maximum Gasteiger partial charge on any atom is 0.159 e. The van der Waals surface area contributed by atoms with E-state index in [9.17, 15) is 0 Å². The van der Waals surface area contributed by atoms with E-state index in [1.165, 1.54) is 0 Å². The van der Waals surface area contributed by atoms with Crippen LogP contribution in [-0.2, 0) is 0 Å². The fourth-order valence-corrected chi connectivity index (χ4v) is 4.14. The standard InChI is InChI=1S/C23H26ClN5/c1-3-14-29(20-10-15-28(2)16-11-20)23-21(17-8-12-25-13-9-17)22(26-27-23)18-4-6-19(24)7-5-18/h3-9,12-13,20H,1,10-11,14-16H2,2H3,(H,26,27). The summed E-state index contributed by atoms with van der Waals surface area (Å²) in [6, 6.07) is 12.4. The summed E-state index contributed by atoms with van der Waals surface area (Å²) in [5, 5.41) is 8.81. The first kappa shape index (κ1) is 19.7. The third-order valence-electron chi connectivity index (χ3n) is 5.58. The molecule has 0 saturated carbocycles. The molecule has 1 saturated heterocycles. The summed E-state index contributed by atoms with van der Waals surface area (Å²) in [5.41, 5.74) is 4.23. The number of rotatable bonds is 6. The van der Waals surface area contributed by atoms with Crippen LogP contribution in [0.15, 0.2) is 61.4 Å². The van der Waals surface area contributed by atoms with E-state index < -0.39 is 0 Å². The Morgan fingerprint density at radius 1 is 1.14 bits per heavy atom. The molecular weight excluding hydrogens is 382 g/mol. The lowest BCUT2D eigenvalue weighted by Crippen LogP contribution is -2.44. The smallest absolute Gasteiger partial charge is 0.159 e. The van der Waals surface area contributed by atoms with Crippen LogP contribution in [0.4, 0.5) is 5.82 Å². The number of aromatic amines is 1. The number of hydrogen-bond donors (Lipinski definition) is 1. The molecule has 29 heavy (non-hydrogen) atoms. The van der Waals surface area contributed by atoms with Crippen molar-refractivity contribution in [2.24, 2.45) is 0 Å². The van der Waals surface area contributed by atoms with Crippen LogP contribution in [-0.4, -0.2) is 52.8 Å². The van der Waals surface area contributed by atoms with E-state index in [0.717, 1.165) is 65.7 Å². The van der Waals surface area contributed by atoms with Gasteiger partial charge in [0.1, 0.15) is 0 Å². The molecule has 0 amide bonds. The number of H-pyrrole nitrogens is 1. The number of halogens is 1. The number of benzene rings is 1. The summed E-state index contributed by atoms with van der Waals surface area (Å²) in [5.74, 6) is 0.968. The van der Waals surface area contributed by atoms with Crippen molar-refractivity contribution >= 4 is 17.4 Å². The van der Waals surface area contributed by atoms with Gasteiger partial charge in [-0.3, -0.25) is 10.1 Å². The number of piperidine rings is 1. The van der Waals surface area contributed by atoms with E-state index >= 15 is 0 Å². The molecule has 3 heterocycles. The monoisotopic (exact) mass is 407 g/mol. The van der Waals surface area contributed by atoms with Crippen molar-refractivity contribution in [1.29, 1.82) is 0 Å². The highest BCUT2D eigenvalue weighted by Gasteiger charge is 2.28. The Bertz CT molecular complexity index is 943. The summed E-state index contributed by atoms with van der Waals surface area (Å²) in [4.78, 5) is 8.97. The fourth-order valence-electron chi connectivity index (χ4n) is 4.01. The van der Waals surface area contributed by atoms with Gasteiger partial charge in [0.2, 0.25) is 0 Å². The van der Waals surface area contributed by atoms with E-state index in [0.29, 0.717) is 6.04 Å². The molecule has 1 aromatic carbocycles. The topological polar surface area (TPSA) is 48.1 Å². The molecule has 1 fully saturated rings. The van der Waals surface area contributed by atoms with Crippen LogP contribution in [0, 0.1) is 0 Å². The number of nitrogens with zero attached hydrogens (tertiary/aromatic N) is 4. The summed E-state index contributed by atoms with van der Waals surface area (Å²) < 4.78 is 0. The lowest BCUT2D eigenvalue weighted by atomic mass is 9.99. The quantitative estimate of drug-likeness (QED) is 0.591.